The summed E-state index contributed by atoms with van der Waals surface area (Å²) in [7, 11) is 0. The molecule has 0 aliphatic carbocycles. The van der Waals surface area contributed by atoms with Gasteiger partial charge < -0.3 is 9.88 Å². The van der Waals surface area contributed by atoms with Crippen LogP contribution in [0.4, 0.5) is 14.5 Å². The van der Waals surface area contributed by atoms with E-state index < -0.39 is 11.6 Å². The molecule has 0 bridgehead atoms. The topological polar surface area (TPSA) is 46.9 Å². The second-order valence-corrected chi connectivity index (χ2v) is 5.60. The number of carbonyl (C=O) groups is 1. The lowest BCUT2D eigenvalue weighted by atomic mass is 10.3. The van der Waals surface area contributed by atoms with E-state index in [0.29, 0.717) is 16.7 Å². The fourth-order valence-corrected chi connectivity index (χ4v) is 2.33. The van der Waals surface area contributed by atoms with Gasteiger partial charge in [0.15, 0.2) is 11.6 Å². The maximum absolute atomic E-state index is 13.3. The minimum Gasteiger partial charge on any atom is -0.325 e. The normalized spacial score (nSPS) is 10.9. The first kappa shape index (κ1) is 14.6. The first-order valence-corrected chi connectivity index (χ1v) is 7.17. The summed E-state index contributed by atoms with van der Waals surface area (Å²) >= 11 is 3.31. The Balaban J connectivity index is 1.79. The van der Waals surface area contributed by atoms with Crippen LogP contribution >= 0.6 is 15.9 Å². The quantitative estimate of drug-likeness (QED) is 0.768. The third kappa shape index (κ3) is 2.99. The number of aromatic nitrogens is 2. The Labute approximate surface area is 132 Å². The molecule has 0 aliphatic rings. The van der Waals surface area contributed by atoms with Crippen LogP contribution in [0.5, 0.6) is 0 Å². The highest BCUT2D eigenvalue weighted by molar-refractivity contribution is 9.10. The van der Waals surface area contributed by atoms with E-state index in [0.717, 1.165) is 16.6 Å². The Hall–Kier alpha value is -2.28. The highest BCUT2D eigenvalue weighted by Gasteiger charge is 2.11. The van der Waals surface area contributed by atoms with Crippen molar-refractivity contribution in [3.8, 4) is 0 Å². The van der Waals surface area contributed by atoms with E-state index >= 15 is 0 Å². The Bertz CT molecular complexity index is 846. The molecule has 0 aliphatic heterocycles. The first-order valence-electron chi connectivity index (χ1n) is 6.38. The number of fused-ring (bicyclic) bond motifs is 1. The molecule has 1 N–H and O–H groups in total. The van der Waals surface area contributed by atoms with E-state index in [-0.39, 0.29) is 12.5 Å². The van der Waals surface area contributed by atoms with Crippen LogP contribution in [0, 0.1) is 11.6 Å². The standard InChI is InChI=1S/C15H10BrF2N3O/c16-9-1-3-10(4-2-9)20-15(22)7-21-8-19-13-5-11(17)12(18)6-14(13)21/h1-6,8H,7H2,(H,20,22). The molecule has 4 nitrogen and oxygen atoms in total. The van der Waals surface area contributed by atoms with E-state index in [1.807, 2.05) is 0 Å². The van der Waals surface area contributed by atoms with Crippen LogP contribution in [-0.2, 0) is 11.3 Å². The van der Waals surface area contributed by atoms with Crippen molar-refractivity contribution < 1.29 is 13.6 Å². The zero-order chi connectivity index (χ0) is 15.7. The largest absolute Gasteiger partial charge is 0.325 e. The molecule has 0 radical (unpaired) electrons. The molecule has 1 aromatic heterocycles. The number of nitrogens with one attached hydrogen (secondary N) is 1. The van der Waals surface area contributed by atoms with Gasteiger partial charge in [-0.1, -0.05) is 15.9 Å². The number of rotatable bonds is 3. The number of carbonyl (C=O) groups excluding carboxylic acids is 1. The van der Waals surface area contributed by atoms with Gasteiger partial charge in [0.1, 0.15) is 6.54 Å². The lowest BCUT2D eigenvalue weighted by Crippen LogP contribution is -2.18. The molecule has 1 heterocycles. The number of amides is 1. The summed E-state index contributed by atoms with van der Waals surface area (Å²) in [6.07, 6.45) is 1.38. The smallest absolute Gasteiger partial charge is 0.244 e. The van der Waals surface area contributed by atoms with Gasteiger partial charge in [-0.25, -0.2) is 13.8 Å². The number of hydrogen-bond acceptors (Lipinski definition) is 2. The molecule has 7 heteroatoms. The number of benzene rings is 2. The monoisotopic (exact) mass is 365 g/mol. The van der Waals surface area contributed by atoms with Gasteiger partial charge in [-0.15, -0.1) is 0 Å². The predicted octanol–water partition coefficient (Wildman–Crippen LogP) is 3.72. The number of nitrogens with zero attached hydrogens (tertiary/aromatic N) is 2. The third-order valence-electron chi connectivity index (χ3n) is 3.11. The molecule has 112 valence electrons. The van der Waals surface area contributed by atoms with Crippen LogP contribution in [0.15, 0.2) is 47.2 Å². The van der Waals surface area contributed by atoms with Crippen LogP contribution in [-0.4, -0.2) is 15.5 Å². The van der Waals surface area contributed by atoms with Crippen molar-refractivity contribution in [1.29, 1.82) is 0 Å². The van der Waals surface area contributed by atoms with Crippen molar-refractivity contribution in [3.05, 3.63) is 58.8 Å². The fraction of sp³-hybridized carbons (Fsp3) is 0.0667. The van der Waals surface area contributed by atoms with Crippen LogP contribution in [0.2, 0.25) is 0 Å². The van der Waals surface area contributed by atoms with Crippen molar-refractivity contribution in [3.63, 3.8) is 0 Å². The summed E-state index contributed by atoms with van der Waals surface area (Å²) < 4.78 is 28.8. The van der Waals surface area contributed by atoms with Crippen LogP contribution in [0.25, 0.3) is 11.0 Å². The molecule has 0 saturated heterocycles. The molecule has 0 saturated carbocycles. The van der Waals surface area contributed by atoms with Gasteiger partial charge in [-0.2, -0.15) is 0 Å². The van der Waals surface area contributed by atoms with Gasteiger partial charge in [0.25, 0.3) is 0 Å². The second-order valence-electron chi connectivity index (χ2n) is 4.68. The highest BCUT2D eigenvalue weighted by atomic mass is 79.9. The summed E-state index contributed by atoms with van der Waals surface area (Å²) in [5.74, 6) is -2.22. The van der Waals surface area contributed by atoms with Crippen LogP contribution in [0.1, 0.15) is 0 Å². The fourth-order valence-electron chi connectivity index (χ4n) is 2.07. The van der Waals surface area contributed by atoms with Crippen molar-refractivity contribution in [2.45, 2.75) is 6.54 Å². The molecular weight excluding hydrogens is 356 g/mol. The maximum Gasteiger partial charge on any atom is 0.244 e. The van der Waals surface area contributed by atoms with E-state index in [2.05, 4.69) is 26.2 Å². The van der Waals surface area contributed by atoms with E-state index in [1.165, 1.54) is 10.9 Å². The van der Waals surface area contributed by atoms with Crippen molar-refractivity contribution >= 4 is 38.6 Å². The van der Waals surface area contributed by atoms with Gasteiger partial charge >= 0.3 is 0 Å². The van der Waals surface area contributed by atoms with E-state index in [9.17, 15) is 13.6 Å². The van der Waals surface area contributed by atoms with Crippen molar-refractivity contribution in [2.24, 2.45) is 0 Å². The third-order valence-corrected chi connectivity index (χ3v) is 3.63. The van der Waals surface area contributed by atoms with Gasteiger partial charge in [-0.05, 0) is 24.3 Å². The zero-order valence-electron chi connectivity index (χ0n) is 11.2. The average Bonchev–Trinajstić information content (AvgIpc) is 2.84. The van der Waals surface area contributed by atoms with E-state index in [4.69, 9.17) is 0 Å². The molecule has 0 atom stereocenters. The molecule has 22 heavy (non-hydrogen) atoms. The summed E-state index contributed by atoms with van der Waals surface area (Å²) in [6.45, 7) is -0.0440. The Kier molecular flexibility index (Phi) is 3.89. The van der Waals surface area contributed by atoms with E-state index in [1.54, 1.807) is 24.3 Å². The summed E-state index contributed by atoms with van der Waals surface area (Å²) in [5.41, 5.74) is 1.31. The first-order chi connectivity index (χ1) is 10.5. The maximum atomic E-state index is 13.3. The molecule has 0 fully saturated rings. The average molecular weight is 366 g/mol. The highest BCUT2D eigenvalue weighted by Crippen LogP contribution is 2.18. The minimum atomic E-state index is -0.970. The SMILES string of the molecule is O=C(Cn1cnc2cc(F)c(F)cc21)Nc1ccc(Br)cc1. The molecule has 0 spiro atoms. The molecule has 1 amide bonds. The molecule has 0 unspecified atom stereocenters. The lowest BCUT2D eigenvalue weighted by Gasteiger charge is -2.07. The Morgan fingerprint density at radius 3 is 2.59 bits per heavy atom. The number of halogens is 3. The molecular formula is C15H10BrF2N3O. The van der Waals surface area contributed by atoms with Crippen LogP contribution < -0.4 is 5.32 Å². The van der Waals surface area contributed by atoms with Crippen molar-refractivity contribution in [2.75, 3.05) is 5.32 Å². The Morgan fingerprint density at radius 2 is 1.86 bits per heavy atom. The molecule has 3 aromatic rings. The Morgan fingerprint density at radius 1 is 1.18 bits per heavy atom. The molecule has 2 aromatic carbocycles. The predicted molar refractivity (Wildman–Crippen MR) is 82.4 cm³/mol. The summed E-state index contributed by atoms with van der Waals surface area (Å²) in [4.78, 5) is 16.0. The minimum absolute atomic E-state index is 0.0440. The zero-order valence-corrected chi connectivity index (χ0v) is 12.8. The van der Waals surface area contributed by atoms with Gasteiger partial charge in [-0.3, -0.25) is 4.79 Å². The number of hydrogen-bond donors (Lipinski definition) is 1. The van der Waals surface area contributed by atoms with Gasteiger partial charge in [0, 0.05) is 22.3 Å². The lowest BCUT2D eigenvalue weighted by molar-refractivity contribution is -0.116. The van der Waals surface area contributed by atoms with Crippen LogP contribution in [0.3, 0.4) is 0 Å². The summed E-state index contributed by atoms with van der Waals surface area (Å²) in [6, 6.07) is 9.16. The molecule has 3 rings (SSSR count). The number of anilines is 1. The van der Waals surface area contributed by atoms with Gasteiger partial charge in [0.05, 0.1) is 17.4 Å². The second kappa shape index (κ2) is 5.84. The summed E-state index contributed by atoms with van der Waals surface area (Å²) in [5, 5.41) is 2.72. The van der Waals surface area contributed by atoms with Gasteiger partial charge in [0.2, 0.25) is 5.91 Å². The number of imidazole rings is 1. The van der Waals surface area contributed by atoms with Crippen molar-refractivity contribution in [1.82, 2.24) is 9.55 Å².